The first kappa shape index (κ1) is 13.6. The van der Waals surface area contributed by atoms with Gasteiger partial charge >= 0.3 is 0 Å². The second-order valence-electron chi connectivity index (χ2n) is 5.49. The average molecular weight is 335 g/mol. The largest absolute Gasteiger partial charge is 0.330 e. The van der Waals surface area contributed by atoms with Crippen molar-refractivity contribution in [3.8, 4) is 0 Å². The summed E-state index contributed by atoms with van der Waals surface area (Å²) in [6.07, 6.45) is 0.839. The maximum atomic E-state index is 5.69. The molecule has 0 spiro atoms. The fourth-order valence-electron chi connectivity index (χ4n) is 2.66. The predicted molar refractivity (Wildman–Crippen MR) is 86.2 cm³/mol. The monoisotopic (exact) mass is 334 g/mol. The topological polar surface area (TPSA) is 48.2 Å². The number of nitrogens with zero attached hydrogens (tertiary/aromatic N) is 3. The van der Waals surface area contributed by atoms with Crippen molar-refractivity contribution in [2.24, 2.45) is 12.8 Å². The van der Waals surface area contributed by atoms with Crippen LogP contribution < -0.4 is 5.73 Å². The van der Waals surface area contributed by atoms with E-state index in [1.54, 1.807) is 0 Å². The number of benzene rings is 1. The van der Waals surface area contributed by atoms with Gasteiger partial charge in [0.2, 0.25) is 5.78 Å². The lowest BCUT2D eigenvalue weighted by Gasteiger charge is -2.04. The highest BCUT2D eigenvalue weighted by molar-refractivity contribution is 9.10. The normalized spacial score (nSPS) is 12.1. The van der Waals surface area contributed by atoms with E-state index in [9.17, 15) is 0 Å². The highest BCUT2D eigenvalue weighted by Crippen LogP contribution is 2.29. The van der Waals surface area contributed by atoms with Gasteiger partial charge in [-0.1, -0.05) is 19.9 Å². The minimum atomic E-state index is 0.514. The third-order valence-electron chi connectivity index (χ3n) is 3.85. The molecule has 0 unspecified atom stereocenters. The molecule has 0 aliphatic rings. The Kier molecular flexibility index (Phi) is 3.34. The van der Waals surface area contributed by atoms with E-state index in [2.05, 4.69) is 56.9 Å². The molecule has 0 fully saturated rings. The molecule has 0 amide bonds. The van der Waals surface area contributed by atoms with Gasteiger partial charge in [-0.15, -0.1) is 0 Å². The van der Waals surface area contributed by atoms with Crippen LogP contribution in [0.4, 0.5) is 0 Å². The second-order valence-corrected chi connectivity index (χ2v) is 6.24. The zero-order valence-electron chi connectivity index (χ0n) is 12.0. The van der Waals surface area contributed by atoms with E-state index >= 15 is 0 Å². The fourth-order valence-corrected chi connectivity index (χ4v) is 3.47. The van der Waals surface area contributed by atoms with Gasteiger partial charge in [0.05, 0.1) is 16.7 Å². The summed E-state index contributed by atoms with van der Waals surface area (Å²) in [5.41, 5.74) is 10.4. The standard InChI is InChI=1S/C15H19BrN4/c1-9(2)10-4-5-12-11(8-10)18-15-19(3)13(6-7-17)14(16)20(12)15/h4-5,8-9H,6-7,17H2,1-3H3. The van der Waals surface area contributed by atoms with Crippen molar-refractivity contribution in [3.63, 3.8) is 0 Å². The Morgan fingerprint density at radius 3 is 2.75 bits per heavy atom. The number of aromatic nitrogens is 3. The summed E-state index contributed by atoms with van der Waals surface area (Å²) in [5.74, 6) is 1.47. The molecule has 106 valence electrons. The van der Waals surface area contributed by atoms with Gasteiger partial charge in [-0.3, -0.25) is 4.40 Å². The number of halogens is 1. The van der Waals surface area contributed by atoms with E-state index in [1.807, 2.05) is 7.05 Å². The molecule has 2 N–H and O–H groups in total. The molecule has 3 rings (SSSR count). The summed E-state index contributed by atoms with van der Waals surface area (Å²) in [4.78, 5) is 4.78. The molecule has 0 radical (unpaired) electrons. The summed E-state index contributed by atoms with van der Waals surface area (Å²) in [6, 6.07) is 6.52. The van der Waals surface area contributed by atoms with Crippen LogP contribution in [0, 0.1) is 0 Å². The van der Waals surface area contributed by atoms with Gasteiger partial charge in [0.1, 0.15) is 4.60 Å². The van der Waals surface area contributed by atoms with E-state index < -0.39 is 0 Å². The zero-order chi connectivity index (χ0) is 14.4. The highest BCUT2D eigenvalue weighted by atomic mass is 79.9. The molecule has 1 aromatic carbocycles. The molecule has 2 aromatic heterocycles. The van der Waals surface area contributed by atoms with E-state index in [-0.39, 0.29) is 0 Å². The first-order valence-corrected chi connectivity index (χ1v) is 7.69. The van der Waals surface area contributed by atoms with Crippen molar-refractivity contribution < 1.29 is 0 Å². The lowest BCUT2D eigenvalue weighted by molar-refractivity contribution is 0.816. The Morgan fingerprint density at radius 1 is 1.35 bits per heavy atom. The summed E-state index contributed by atoms with van der Waals surface area (Å²) in [6.45, 7) is 5.04. The van der Waals surface area contributed by atoms with Crippen LogP contribution in [-0.2, 0) is 13.5 Å². The van der Waals surface area contributed by atoms with E-state index in [1.165, 1.54) is 11.3 Å². The van der Waals surface area contributed by atoms with Crippen LogP contribution in [0.5, 0.6) is 0 Å². The maximum Gasteiger partial charge on any atom is 0.215 e. The van der Waals surface area contributed by atoms with Crippen LogP contribution >= 0.6 is 15.9 Å². The Hall–Kier alpha value is -1.33. The highest BCUT2D eigenvalue weighted by Gasteiger charge is 2.17. The number of hydrogen-bond donors (Lipinski definition) is 1. The number of imidazole rings is 2. The number of nitrogens with two attached hydrogens (primary N) is 1. The molecule has 0 atom stereocenters. The lowest BCUT2D eigenvalue weighted by atomic mass is 10.0. The Labute approximate surface area is 126 Å². The van der Waals surface area contributed by atoms with Crippen LogP contribution in [-0.4, -0.2) is 20.5 Å². The first-order valence-electron chi connectivity index (χ1n) is 6.89. The minimum absolute atomic E-state index is 0.514. The number of rotatable bonds is 3. The molecule has 2 heterocycles. The predicted octanol–water partition coefficient (Wildman–Crippen LogP) is 3.21. The molecule has 3 aromatic rings. The fraction of sp³-hybridized carbons (Fsp3) is 0.400. The third-order valence-corrected chi connectivity index (χ3v) is 4.66. The van der Waals surface area contributed by atoms with Gasteiger partial charge < -0.3 is 10.3 Å². The molecular formula is C15H19BrN4. The van der Waals surface area contributed by atoms with Gasteiger partial charge in [0.15, 0.2) is 0 Å². The first-order chi connectivity index (χ1) is 9.54. The van der Waals surface area contributed by atoms with E-state index in [0.717, 1.165) is 27.8 Å². The summed E-state index contributed by atoms with van der Waals surface area (Å²) < 4.78 is 5.33. The summed E-state index contributed by atoms with van der Waals surface area (Å²) in [7, 11) is 2.04. The molecular weight excluding hydrogens is 316 g/mol. The molecule has 0 saturated carbocycles. The second kappa shape index (κ2) is 4.90. The summed E-state index contributed by atoms with van der Waals surface area (Å²) in [5, 5.41) is 0. The molecule has 0 saturated heterocycles. The Morgan fingerprint density at radius 2 is 2.10 bits per heavy atom. The maximum absolute atomic E-state index is 5.69. The molecule has 0 bridgehead atoms. The average Bonchev–Trinajstić information content (AvgIpc) is 2.90. The quantitative estimate of drug-likeness (QED) is 0.799. The Bertz CT molecular complexity index is 782. The number of hydrogen-bond acceptors (Lipinski definition) is 2. The van der Waals surface area contributed by atoms with Gasteiger partial charge in [-0.25, -0.2) is 4.98 Å². The van der Waals surface area contributed by atoms with Crippen molar-refractivity contribution in [1.29, 1.82) is 0 Å². The SMILES string of the molecule is CC(C)c1ccc2c(c1)nc1n(C)c(CCN)c(Br)n21. The van der Waals surface area contributed by atoms with Gasteiger partial charge in [0.25, 0.3) is 0 Å². The van der Waals surface area contributed by atoms with Crippen molar-refractivity contribution >= 4 is 32.7 Å². The van der Waals surface area contributed by atoms with E-state index in [4.69, 9.17) is 10.7 Å². The van der Waals surface area contributed by atoms with Crippen molar-refractivity contribution in [3.05, 3.63) is 34.1 Å². The number of fused-ring (bicyclic) bond motifs is 3. The van der Waals surface area contributed by atoms with Crippen LogP contribution in [0.3, 0.4) is 0 Å². The van der Waals surface area contributed by atoms with Gasteiger partial charge in [-0.2, -0.15) is 0 Å². The van der Waals surface area contributed by atoms with E-state index in [0.29, 0.717) is 12.5 Å². The molecule has 0 aliphatic carbocycles. The summed E-state index contributed by atoms with van der Waals surface area (Å²) >= 11 is 3.70. The molecule has 20 heavy (non-hydrogen) atoms. The van der Waals surface area contributed by atoms with Crippen molar-refractivity contribution in [2.75, 3.05) is 6.54 Å². The zero-order valence-corrected chi connectivity index (χ0v) is 13.6. The Balaban J connectivity index is 2.31. The molecule has 0 aliphatic heterocycles. The van der Waals surface area contributed by atoms with Crippen molar-refractivity contribution in [2.45, 2.75) is 26.2 Å². The van der Waals surface area contributed by atoms with Crippen LogP contribution in [0.25, 0.3) is 16.8 Å². The molecule has 4 nitrogen and oxygen atoms in total. The smallest absolute Gasteiger partial charge is 0.215 e. The van der Waals surface area contributed by atoms with Crippen LogP contribution in [0.1, 0.15) is 31.0 Å². The molecule has 5 heteroatoms. The minimum Gasteiger partial charge on any atom is -0.330 e. The third kappa shape index (κ3) is 1.88. The van der Waals surface area contributed by atoms with Gasteiger partial charge in [0, 0.05) is 13.5 Å². The lowest BCUT2D eigenvalue weighted by Crippen LogP contribution is -2.07. The van der Waals surface area contributed by atoms with Crippen LogP contribution in [0.2, 0.25) is 0 Å². The van der Waals surface area contributed by atoms with Crippen molar-refractivity contribution in [1.82, 2.24) is 14.0 Å². The van der Waals surface area contributed by atoms with Gasteiger partial charge in [-0.05, 0) is 46.1 Å². The van der Waals surface area contributed by atoms with Crippen LogP contribution in [0.15, 0.2) is 22.8 Å². The number of aryl methyl sites for hydroxylation is 1.